The minimum Gasteiger partial charge on any atom is -0.497 e. The Morgan fingerprint density at radius 3 is 1.66 bits per heavy atom. The van der Waals surface area contributed by atoms with Crippen LogP contribution in [0.5, 0.6) is 5.75 Å². The van der Waals surface area contributed by atoms with E-state index in [1.165, 1.54) is 16.7 Å². The van der Waals surface area contributed by atoms with Gasteiger partial charge >= 0.3 is 0 Å². The molecule has 0 unspecified atom stereocenters. The minimum atomic E-state index is 0.0254. The highest BCUT2D eigenvalue weighted by Crippen LogP contribution is 2.23. The summed E-state index contributed by atoms with van der Waals surface area (Å²) in [6, 6.07) is 39.6. The van der Waals surface area contributed by atoms with Crippen molar-refractivity contribution in [3.05, 3.63) is 132 Å². The topological polar surface area (TPSA) is 24.8 Å². The van der Waals surface area contributed by atoms with E-state index in [0.717, 1.165) is 36.7 Å². The van der Waals surface area contributed by atoms with E-state index in [1.54, 1.807) is 7.11 Å². The van der Waals surface area contributed by atoms with Crippen molar-refractivity contribution < 1.29 is 4.74 Å². The van der Waals surface area contributed by atoms with E-state index in [0.29, 0.717) is 5.88 Å². The van der Waals surface area contributed by atoms with Gasteiger partial charge in [0.15, 0.2) is 0 Å². The van der Waals surface area contributed by atoms with Crippen LogP contribution >= 0.6 is 11.6 Å². The maximum absolute atomic E-state index is 6.60. The van der Waals surface area contributed by atoms with Crippen molar-refractivity contribution in [2.45, 2.75) is 25.6 Å². The van der Waals surface area contributed by atoms with E-state index in [1.807, 2.05) is 24.3 Å². The Morgan fingerprint density at radius 2 is 1.20 bits per heavy atom. The third-order valence-electron chi connectivity index (χ3n) is 6.04. The fourth-order valence-corrected chi connectivity index (χ4v) is 4.46. The lowest BCUT2D eigenvalue weighted by Crippen LogP contribution is -2.42. The SMILES string of the molecule is COc1ccc(N=C(CCl)[C@H](Cc2ccccc2)N(Cc2ccccc2)Cc2ccccc2)cc1. The molecule has 0 radical (unpaired) electrons. The third-order valence-corrected chi connectivity index (χ3v) is 6.31. The number of aliphatic imine (C=N–C) groups is 1. The predicted octanol–water partition coefficient (Wildman–Crippen LogP) is 7.32. The van der Waals surface area contributed by atoms with Gasteiger partial charge < -0.3 is 4.74 Å². The molecule has 0 spiro atoms. The summed E-state index contributed by atoms with van der Waals surface area (Å²) in [7, 11) is 1.67. The van der Waals surface area contributed by atoms with Gasteiger partial charge in [-0.05, 0) is 47.4 Å². The Morgan fingerprint density at radius 1 is 0.714 bits per heavy atom. The van der Waals surface area contributed by atoms with Crippen LogP contribution in [0.25, 0.3) is 0 Å². The van der Waals surface area contributed by atoms with E-state index in [-0.39, 0.29) is 6.04 Å². The molecule has 4 aromatic rings. The molecule has 0 amide bonds. The highest BCUT2D eigenvalue weighted by atomic mass is 35.5. The molecule has 4 heteroatoms. The zero-order valence-electron chi connectivity index (χ0n) is 20.1. The molecule has 0 N–H and O–H groups in total. The van der Waals surface area contributed by atoms with Crippen LogP contribution in [0, 0.1) is 0 Å². The van der Waals surface area contributed by atoms with Crippen LogP contribution in [0.2, 0.25) is 0 Å². The Hall–Kier alpha value is -3.40. The molecule has 0 aliphatic carbocycles. The molecule has 178 valence electrons. The number of alkyl halides is 1. The summed E-state index contributed by atoms with van der Waals surface area (Å²) in [5.41, 5.74) is 5.61. The summed E-state index contributed by atoms with van der Waals surface area (Å²) < 4.78 is 5.32. The fourth-order valence-electron chi connectivity index (χ4n) is 4.22. The lowest BCUT2D eigenvalue weighted by atomic mass is 9.99. The van der Waals surface area contributed by atoms with Crippen molar-refractivity contribution in [1.29, 1.82) is 0 Å². The van der Waals surface area contributed by atoms with E-state index >= 15 is 0 Å². The molecule has 0 saturated heterocycles. The number of benzene rings is 4. The van der Waals surface area contributed by atoms with Crippen LogP contribution in [-0.4, -0.2) is 29.6 Å². The lowest BCUT2D eigenvalue weighted by molar-refractivity contribution is 0.222. The fraction of sp³-hybridized carbons (Fsp3) is 0.194. The first-order valence-electron chi connectivity index (χ1n) is 11.9. The van der Waals surface area contributed by atoms with E-state index in [2.05, 4.69) is 95.9 Å². The molecule has 0 saturated carbocycles. The third kappa shape index (κ3) is 7.29. The van der Waals surface area contributed by atoms with E-state index in [4.69, 9.17) is 21.3 Å². The van der Waals surface area contributed by atoms with Gasteiger partial charge in [-0.25, -0.2) is 0 Å². The molecule has 4 aromatic carbocycles. The maximum Gasteiger partial charge on any atom is 0.119 e. The maximum atomic E-state index is 6.60. The molecule has 0 fully saturated rings. The second kappa shape index (κ2) is 12.9. The largest absolute Gasteiger partial charge is 0.497 e. The summed E-state index contributed by atoms with van der Waals surface area (Å²) in [6.45, 7) is 1.59. The zero-order valence-corrected chi connectivity index (χ0v) is 20.8. The summed E-state index contributed by atoms with van der Waals surface area (Å²) in [5.74, 6) is 1.16. The van der Waals surface area contributed by atoms with Gasteiger partial charge in [0.25, 0.3) is 0 Å². The minimum absolute atomic E-state index is 0.0254. The van der Waals surface area contributed by atoms with Crippen molar-refractivity contribution in [1.82, 2.24) is 4.90 Å². The van der Waals surface area contributed by atoms with Crippen LogP contribution in [0.4, 0.5) is 5.69 Å². The number of rotatable bonds is 11. The molecule has 3 nitrogen and oxygen atoms in total. The zero-order chi connectivity index (χ0) is 24.3. The molecule has 0 aliphatic rings. The normalized spacial score (nSPS) is 12.5. The first kappa shape index (κ1) is 24.7. The molecule has 0 bridgehead atoms. The van der Waals surface area contributed by atoms with Crippen molar-refractivity contribution >= 4 is 23.0 Å². The van der Waals surface area contributed by atoms with Gasteiger partial charge in [0.05, 0.1) is 30.4 Å². The first-order valence-corrected chi connectivity index (χ1v) is 12.4. The average Bonchev–Trinajstić information content (AvgIpc) is 2.92. The number of methoxy groups -OCH3 is 1. The number of hydrogen-bond donors (Lipinski definition) is 0. The highest BCUT2D eigenvalue weighted by Gasteiger charge is 2.25. The van der Waals surface area contributed by atoms with Crippen molar-refractivity contribution in [2.75, 3.05) is 13.0 Å². The Kier molecular flexibility index (Phi) is 9.11. The number of ether oxygens (including phenoxy) is 1. The standard InChI is InChI=1S/C31H31ClN2O/c1-35-29-19-17-28(18-20-29)33-30(22-32)31(21-25-11-5-2-6-12-25)34(23-26-13-7-3-8-14-26)24-27-15-9-4-10-16-27/h2-20,31H,21-24H2,1H3/t31-/m0/s1. The molecule has 4 rings (SSSR count). The van der Waals surface area contributed by atoms with Gasteiger partial charge in [0, 0.05) is 13.1 Å². The Balaban J connectivity index is 1.74. The van der Waals surface area contributed by atoms with Crippen molar-refractivity contribution in [2.24, 2.45) is 4.99 Å². The quantitative estimate of drug-likeness (QED) is 0.165. The van der Waals surface area contributed by atoms with Crippen LogP contribution in [0.3, 0.4) is 0 Å². The number of nitrogens with zero attached hydrogens (tertiary/aromatic N) is 2. The summed E-state index contributed by atoms with van der Waals surface area (Å²) in [4.78, 5) is 7.53. The molecule has 0 heterocycles. The summed E-state index contributed by atoms with van der Waals surface area (Å²) in [6.07, 6.45) is 0.822. The summed E-state index contributed by atoms with van der Waals surface area (Å²) >= 11 is 6.60. The smallest absolute Gasteiger partial charge is 0.119 e. The van der Waals surface area contributed by atoms with Gasteiger partial charge in [0.2, 0.25) is 0 Å². The van der Waals surface area contributed by atoms with E-state index < -0.39 is 0 Å². The monoisotopic (exact) mass is 482 g/mol. The van der Waals surface area contributed by atoms with Crippen LogP contribution < -0.4 is 4.74 Å². The summed E-state index contributed by atoms with van der Waals surface area (Å²) in [5, 5.41) is 0. The van der Waals surface area contributed by atoms with Crippen molar-refractivity contribution in [3.8, 4) is 5.75 Å². The molecule has 0 aliphatic heterocycles. The predicted molar refractivity (Wildman–Crippen MR) is 147 cm³/mol. The first-order chi connectivity index (χ1) is 17.2. The highest BCUT2D eigenvalue weighted by molar-refractivity contribution is 6.29. The van der Waals surface area contributed by atoms with Crippen LogP contribution in [-0.2, 0) is 19.5 Å². The molecule has 0 aromatic heterocycles. The Labute approximate surface area is 213 Å². The van der Waals surface area contributed by atoms with Crippen molar-refractivity contribution in [3.63, 3.8) is 0 Å². The van der Waals surface area contributed by atoms with Gasteiger partial charge in [-0.3, -0.25) is 9.89 Å². The van der Waals surface area contributed by atoms with Gasteiger partial charge in [-0.1, -0.05) is 91.0 Å². The van der Waals surface area contributed by atoms with E-state index in [9.17, 15) is 0 Å². The second-order valence-electron chi connectivity index (χ2n) is 8.52. The second-order valence-corrected chi connectivity index (χ2v) is 8.78. The van der Waals surface area contributed by atoms with Crippen LogP contribution in [0.1, 0.15) is 16.7 Å². The lowest BCUT2D eigenvalue weighted by Gasteiger charge is -2.33. The molecule has 1 atom stereocenters. The number of halogens is 1. The van der Waals surface area contributed by atoms with Crippen LogP contribution in [0.15, 0.2) is 120 Å². The number of hydrogen-bond acceptors (Lipinski definition) is 3. The molecular formula is C31H31ClN2O. The molecule has 35 heavy (non-hydrogen) atoms. The van der Waals surface area contributed by atoms with Gasteiger partial charge in [-0.2, -0.15) is 0 Å². The molecular weight excluding hydrogens is 452 g/mol. The van der Waals surface area contributed by atoms with Gasteiger partial charge in [-0.15, -0.1) is 11.6 Å². The Bertz CT molecular complexity index is 1140. The van der Waals surface area contributed by atoms with Gasteiger partial charge in [0.1, 0.15) is 5.75 Å². The average molecular weight is 483 g/mol.